The molecule has 0 aromatic heterocycles. The smallest absolute Gasteiger partial charge is 0.0695 e. The maximum atomic E-state index is 9.87. The summed E-state index contributed by atoms with van der Waals surface area (Å²) in [6.07, 6.45) is 5.12. The number of likely N-dealkylation sites (N-methyl/N-ethyl adjacent to an activating group) is 1. The molecule has 1 aliphatic rings. The van der Waals surface area contributed by atoms with Crippen molar-refractivity contribution >= 4 is 0 Å². The van der Waals surface area contributed by atoms with Gasteiger partial charge in [-0.15, -0.1) is 0 Å². The molecule has 0 amide bonds. The quantitative estimate of drug-likeness (QED) is 0.697. The average Bonchev–Trinajstić information content (AvgIpc) is 2.21. The van der Waals surface area contributed by atoms with Gasteiger partial charge in [0.15, 0.2) is 0 Å². The van der Waals surface area contributed by atoms with Crippen molar-refractivity contribution in [3.63, 3.8) is 0 Å². The van der Waals surface area contributed by atoms with Crippen LogP contribution in [-0.2, 0) is 0 Å². The van der Waals surface area contributed by atoms with Crippen LogP contribution in [0.15, 0.2) is 0 Å². The molecule has 2 N–H and O–H groups in total. The third kappa shape index (κ3) is 3.23. The molecule has 1 aliphatic carbocycles. The van der Waals surface area contributed by atoms with Crippen LogP contribution in [0.25, 0.3) is 0 Å². The zero-order chi connectivity index (χ0) is 10.4. The Kier molecular flexibility index (Phi) is 5.45. The van der Waals surface area contributed by atoms with E-state index in [2.05, 4.69) is 11.8 Å². The minimum Gasteiger partial charge on any atom is -0.396 e. The van der Waals surface area contributed by atoms with Gasteiger partial charge in [0.25, 0.3) is 0 Å². The highest BCUT2D eigenvalue weighted by atomic mass is 16.3. The van der Waals surface area contributed by atoms with E-state index in [4.69, 9.17) is 5.11 Å². The molecule has 1 rings (SSSR count). The van der Waals surface area contributed by atoms with Crippen LogP contribution in [0.5, 0.6) is 0 Å². The fraction of sp³-hybridized carbons (Fsp3) is 1.00. The van der Waals surface area contributed by atoms with E-state index in [1.807, 2.05) is 0 Å². The predicted molar refractivity (Wildman–Crippen MR) is 57.2 cm³/mol. The molecule has 3 nitrogen and oxygen atoms in total. The van der Waals surface area contributed by atoms with E-state index in [-0.39, 0.29) is 12.7 Å². The van der Waals surface area contributed by atoms with Crippen LogP contribution in [0.4, 0.5) is 0 Å². The first-order chi connectivity index (χ1) is 6.79. The van der Waals surface area contributed by atoms with E-state index in [9.17, 15) is 5.11 Å². The summed E-state index contributed by atoms with van der Waals surface area (Å²) >= 11 is 0. The zero-order valence-corrected chi connectivity index (χ0v) is 9.15. The van der Waals surface area contributed by atoms with Crippen molar-refractivity contribution in [2.75, 3.05) is 19.7 Å². The maximum absolute atomic E-state index is 9.87. The minimum atomic E-state index is -0.151. The number of rotatable bonds is 5. The molecule has 2 unspecified atom stereocenters. The van der Waals surface area contributed by atoms with Crippen molar-refractivity contribution < 1.29 is 10.2 Å². The van der Waals surface area contributed by atoms with E-state index in [1.165, 1.54) is 6.42 Å². The number of nitrogens with zero attached hydrogens (tertiary/aromatic N) is 1. The van der Waals surface area contributed by atoms with Crippen LogP contribution in [0.1, 0.15) is 39.0 Å². The fourth-order valence-corrected chi connectivity index (χ4v) is 2.35. The zero-order valence-electron chi connectivity index (χ0n) is 9.15. The van der Waals surface area contributed by atoms with Gasteiger partial charge in [0.05, 0.1) is 6.10 Å². The normalized spacial score (nSPS) is 28.3. The summed E-state index contributed by atoms with van der Waals surface area (Å²) in [5.41, 5.74) is 0. The molecule has 0 spiro atoms. The van der Waals surface area contributed by atoms with Gasteiger partial charge in [0.1, 0.15) is 0 Å². The topological polar surface area (TPSA) is 43.7 Å². The maximum Gasteiger partial charge on any atom is 0.0695 e. The molecule has 0 aromatic carbocycles. The molecule has 0 radical (unpaired) electrons. The summed E-state index contributed by atoms with van der Waals surface area (Å²) in [5, 5.41) is 18.7. The summed E-state index contributed by atoms with van der Waals surface area (Å²) < 4.78 is 0. The largest absolute Gasteiger partial charge is 0.396 e. The van der Waals surface area contributed by atoms with Gasteiger partial charge in [0, 0.05) is 19.2 Å². The van der Waals surface area contributed by atoms with Gasteiger partial charge in [-0.05, 0) is 25.8 Å². The molecule has 0 bridgehead atoms. The Morgan fingerprint density at radius 3 is 2.57 bits per heavy atom. The Labute approximate surface area is 86.7 Å². The van der Waals surface area contributed by atoms with Crippen molar-refractivity contribution in [1.29, 1.82) is 0 Å². The van der Waals surface area contributed by atoms with Crippen LogP contribution in [-0.4, -0.2) is 47.0 Å². The Bertz CT molecular complexity index is 152. The Balaban J connectivity index is 2.40. The lowest BCUT2D eigenvalue weighted by molar-refractivity contribution is 0.0197. The average molecular weight is 201 g/mol. The van der Waals surface area contributed by atoms with Crippen LogP contribution in [0, 0.1) is 0 Å². The second kappa shape index (κ2) is 6.38. The lowest BCUT2D eigenvalue weighted by Crippen LogP contribution is -2.45. The Hall–Kier alpha value is -0.120. The van der Waals surface area contributed by atoms with Crippen LogP contribution in [0.2, 0.25) is 0 Å². The molecule has 84 valence electrons. The monoisotopic (exact) mass is 201 g/mol. The number of aliphatic hydroxyl groups is 2. The molecule has 14 heavy (non-hydrogen) atoms. The molecule has 1 fully saturated rings. The van der Waals surface area contributed by atoms with Crippen LogP contribution in [0.3, 0.4) is 0 Å². The first kappa shape index (κ1) is 12.0. The molecule has 2 atom stereocenters. The third-order valence-corrected chi connectivity index (χ3v) is 3.17. The summed E-state index contributed by atoms with van der Waals surface area (Å²) in [6, 6.07) is 0.334. The highest BCUT2D eigenvalue weighted by Crippen LogP contribution is 2.23. The SMILES string of the molecule is CCN(CCCO)C1CCCCC1O. The lowest BCUT2D eigenvalue weighted by atomic mass is 9.91. The second-order valence-corrected chi connectivity index (χ2v) is 4.12. The molecule has 0 aromatic rings. The molecule has 1 saturated carbocycles. The fourth-order valence-electron chi connectivity index (χ4n) is 2.35. The van der Waals surface area contributed by atoms with Crippen LogP contribution >= 0.6 is 0 Å². The first-order valence-corrected chi connectivity index (χ1v) is 5.82. The molecule has 3 heteroatoms. The summed E-state index contributed by atoms with van der Waals surface area (Å²) in [7, 11) is 0. The van der Waals surface area contributed by atoms with E-state index in [1.54, 1.807) is 0 Å². The predicted octanol–water partition coefficient (Wildman–Crippen LogP) is 0.994. The minimum absolute atomic E-state index is 0.151. The van der Waals surface area contributed by atoms with Crippen molar-refractivity contribution in [3.05, 3.63) is 0 Å². The highest BCUT2D eigenvalue weighted by molar-refractivity contribution is 4.82. The molecule has 0 aliphatic heterocycles. The number of hydrogen-bond acceptors (Lipinski definition) is 3. The number of hydrogen-bond donors (Lipinski definition) is 2. The van der Waals surface area contributed by atoms with Gasteiger partial charge in [-0.2, -0.15) is 0 Å². The molecule has 0 heterocycles. The van der Waals surface area contributed by atoms with E-state index >= 15 is 0 Å². The number of aliphatic hydroxyl groups excluding tert-OH is 2. The van der Waals surface area contributed by atoms with E-state index < -0.39 is 0 Å². The van der Waals surface area contributed by atoms with Gasteiger partial charge >= 0.3 is 0 Å². The standard InChI is InChI=1S/C11H23NO2/c1-2-12(8-5-9-13)10-6-3-4-7-11(10)14/h10-11,13-14H,2-9H2,1H3. The summed E-state index contributed by atoms with van der Waals surface area (Å²) in [6.45, 7) is 4.26. The molecule has 0 saturated heterocycles. The van der Waals surface area contributed by atoms with E-state index in [0.29, 0.717) is 6.04 Å². The van der Waals surface area contributed by atoms with Gasteiger partial charge in [-0.1, -0.05) is 19.8 Å². The second-order valence-electron chi connectivity index (χ2n) is 4.12. The van der Waals surface area contributed by atoms with Crippen molar-refractivity contribution in [2.45, 2.75) is 51.2 Å². The molecular weight excluding hydrogens is 178 g/mol. The summed E-state index contributed by atoms with van der Waals surface area (Å²) in [5.74, 6) is 0. The highest BCUT2D eigenvalue weighted by Gasteiger charge is 2.27. The Morgan fingerprint density at radius 2 is 2.00 bits per heavy atom. The third-order valence-electron chi connectivity index (χ3n) is 3.17. The van der Waals surface area contributed by atoms with Crippen molar-refractivity contribution in [1.82, 2.24) is 4.90 Å². The Morgan fingerprint density at radius 1 is 1.29 bits per heavy atom. The van der Waals surface area contributed by atoms with Gasteiger partial charge in [-0.3, -0.25) is 4.90 Å². The van der Waals surface area contributed by atoms with Gasteiger partial charge < -0.3 is 10.2 Å². The van der Waals surface area contributed by atoms with Crippen molar-refractivity contribution in [3.8, 4) is 0 Å². The first-order valence-electron chi connectivity index (χ1n) is 5.82. The van der Waals surface area contributed by atoms with Gasteiger partial charge in [-0.25, -0.2) is 0 Å². The van der Waals surface area contributed by atoms with Crippen molar-refractivity contribution in [2.24, 2.45) is 0 Å². The van der Waals surface area contributed by atoms with Gasteiger partial charge in [0.2, 0.25) is 0 Å². The lowest BCUT2D eigenvalue weighted by Gasteiger charge is -2.37. The van der Waals surface area contributed by atoms with E-state index in [0.717, 1.165) is 38.8 Å². The van der Waals surface area contributed by atoms with Crippen LogP contribution < -0.4 is 0 Å². The molecular formula is C11H23NO2. The summed E-state index contributed by atoms with van der Waals surface area (Å²) in [4.78, 5) is 2.31.